The molecule has 1 N–H and O–H groups in total. The van der Waals surface area contributed by atoms with Crippen molar-refractivity contribution in [3.63, 3.8) is 0 Å². The van der Waals surface area contributed by atoms with Crippen molar-refractivity contribution in [3.05, 3.63) is 11.9 Å². The van der Waals surface area contributed by atoms with Crippen LogP contribution in [0.4, 0.5) is 0 Å². The van der Waals surface area contributed by atoms with E-state index in [1.54, 1.807) is 0 Å². The monoisotopic (exact) mass is 277 g/mol. The predicted molar refractivity (Wildman–Crippen MR) is 76.6 cm³/mol. The summed E-state index contributed by atoms with van der Waals surface area (Å²) >= 11 is 0. The Bertz CT molecular complexity index is 466. The third kappa shape index (κ3) is 3.88. The number of hydrogen-bond acceptors (Lipinski definition) is 4. The number of carbonyl (C=O) groups is 1. The fourth-order valence-electron chi connectivity index (χ4n) is 2.71. The first-order chi connectivity index (χ1) is 9.56. The van der Waals surface area contributed by atoms with Gasteiger partial charge in [-0.05, 0) is 29.9 Å². The molecule has 0 fully saturated rings. The van der Waals surface area contributed by atoms with Gasteiger partial charge in [0.05, 0.1) is 0 Å². The van der Waals surface area contributed by atoms with Gasteiger partial charge in [0.15, 0.2) is 5.82 Å². The van der Waals surface area contributed by atoms with Crippen LogP contribution >= 0.6 is 0 Å². The zero-order chi connectivity index (χ0) is 14.5. The topological polar surface area (TPSA) is 74.8 Å². The zero-order valence-electron chi connectivity index (χ0n) is 12.5. The van der Waals surface area contributed by atoms with Gasteiger partial charge in [0.1, 0.15) is 0 Å². The number of H-pyrrole nitrogens is 1. The Morgan fingerprint density at radius 1 is 1.45 bits per heavy atom. The summed E-state index contributed by atoms with van der Waals surface area (Å²) in [6, 6.07) is 0. The molecule has 0 saturated heterocycles. The number of amides is 1. The third-order valence-corrected chi connectivity index (χ3v) is 3.59. The van der Waals surface area contributed by atoms with Gasteiger partial charge >= 0.3 is 0 Å². The average Bonchev–Trinajstić information content (AvgIpc) is 2.91. The number of tetrazole rings is 1. The number of aromatic nitrogens is 4. The molecule has 0 aromatic carbocycles. The van der Waals surface area contributed by atoms with Crippen molar-refractivity contribution < 1.29 is 4.79 Å². The smallest absolute Gasteiger partial charge is 0.223 e. The molecule has 0 aliphatic carbocycles. The lowest BCUT2D eigenvalue weighted by Gasteiger charge is -2.27. The minimum Gasteiger partial charge on any atom is -0.339 e. The molecule has 0 saturated carbocycles. The van der Waals surface area contributed by atoms with E-state index in [4.69, 9.17) is 0 Å². The third-order valence-electron chi connectivity index (χ3n) is 3.59. The predicted octanol–water partition coefficient (Wildman–Crippen LogP) is 1.89. The van der Waals surface area contributed by atoms with Gasteiger partial charge in [0.2, 0.25) is 5.91 Å². The van der Waals surface area contributed by atoms with Gasteiger partial charge in [-0.25, -0.2) is 0 Å². The van der Waals surface area contributed by atoms with Gasteiger partial charge in [-0.1, -0.05) is 26.8 Å². The normalized spacial score (nSPS) is 17.2. The SMILES string of the molecule is CC(C)CC(C)CC(=O)N1CC=C(c2nn[nH]n2)CC1. The van der Waals surface area contributed by atoms with Crippen LogP contribution in [0.5, 0.6) is 0 Å². The molecule has 2 heterocycles. The maximum Gasteiger partial charge on any atom is 0.223 e. The van der Waals surface area contributed by atoms with Crippen LogP contribution in [0.25, 0.3) is 5.57 Å². The van der Waals surface area contributed by atoms with Crippen LogP contribution in [-0.2, 0) is 4.79 Å². The lowest BCUT2D eigenvalue weighted by Crippen LogP contribution is -2.35. The molecule has 0 spiro atoms. The van der Waals surface area contributed by atoms with Crippen LogP contribution in [-0.4, -0.2) is 44.5 Å². The Kier molecular flexibility index (Phi) is 4.87. The van der Waals surface area contributed by atoms with Crippen LogP contribution < -0.4 is 0 Å². The highest BCUT2D eigenvalue weighted by Gasteiger charge is 2.21. The van der Waals surface area contributed by atoms with Crippen LogP contribution in [0.3, 0.4) is 0 Å². The summed E-state index contributed by atoms with van der Waals surface area (Å²) in [6.45, 7) is 7.94. The second kappa shape index (κ2) is 6.63. The largest absolute Gasteiger partial charge is 0.339 e. The van der Waals surface area contributed by atoms with E-state index in [1.165, 1.54) is 0 Å². The van der Waals surface area contributed by atoms with E-state index in [1.807, 2.05) is 11.0 Å². The summed E-state index contributed by atoms with van der Waals surface area (Å²) in [4.78, 5) is 14.1. The molecule has 0 radical (unpaired) electrons. The molecule has 1 aliphatic heterocycles. The molecule has 1 aromatic rings. The summed E-state index contributed by atoms with van der Waals surface area (Å²) in [6.07, 6.45) is 4.57. The minimum absolute atomic E-state index is 0.251. The van der Waals surface area contributed by atoms with Crippen LogP contribution in [0.15, 0.2) is 6.08 Å². The summed E-state index contributed by atoms with van der Waals surface area (Å²) < 4.78 is 0. The maximum absolute atomic E-state index is 12.2. The fraction of sp³-hybridized carbons (Fsp3) is 0.714. The Labute approximate surface area is 119 Å². The van der Waals surface area contributed by atoms with E-state index < -0.39 is 0 Å². The first-order valence-corrected chi connectivity index (χ1v) is 7.27. The van der Waals surface area contributed by atoms with Crippen molar-refractivity contribution >= 4 is 11.5 Å². The number of carbonyl (C=O) groups excluding carboxylic acids is 1. The fourth-order valence-corrected chi connectivity index (χ4v) is 2.71. The molecule has 1 unspecified atom stereocenters. The number of rotatable bonds is 5. The van der Waals surface area contributed by atoms with Gasteiger partial charge in [-0.3, -0.25) is 4.79 Å². The van der Waals surface area contributed by atoms with Crippen molar-refractivity contribution in [3.8, 4) is 0 Å². The van der Waals surface area contributed by atoms with Crippen LogP contribution in [0, 0.1) is 11.8 Å². The van der Waals surface area contributed by atoms with Gasteiger partial charge in [-0.2, -0.15) is 5.21 Å². The first-order valence-electron chi connectivity index (χ1n) is 7.27. The molecule has 110 valence electrons. The van der Waals surface area contributed by atoms with Crippen molar-refractivity contribution in [2.45, 2.75) is 40.0 Å². The quantitative estimate of drug-likeness (QED) is 0.891. The highest BCUT2D eigenvalue weighted by Crippen LogP contribution is 2.21. The average molecular weight is 277 g/mol. The number of aromatic amines is 1. The van der Waals surface area contributed by atoms with E-state index >= 15 is 0 Å². The molecular formula is C14H23N5O. The molecule has 20 heavy (non-hydrogen) atoms. The zero-order valence-corrected chi connectivity index (χ0v) is 12.5. The Morgan fingerprint density at radius 2 is 2.25 bits per heavy atom. The molecule has 6 nitrogen and oxygen atoms in total. The summed E-state index contributed by atoms with van der Waals surface area (Å²) in [5.41, 5.74) is 1.07. The van der Waals surface area contributed by atoms with E-state index in [0.717, 1.165) is 25.0 Å². The van der Waals surface area contributed by atoms with Gasteiger partial charge in [-0.15, -0.1) is 10.2 Å². The molecule has 1 atom stereocenters. The molecular weight excluding hydrogens is 254 g/mol. The van der Waals surface area contributed by atoms with Crippen LogP contribution in [0.1, 0.15) is 45.9 Å². The Hall–Kier alpha value is -1.72. The Morgan fingerprint density at radius 3 is 2.80 bits per heavy atom. The van der Waals surface area contributed by atoms with Gasteiger partial charge in [0.25, 0.3) is 0 Å². The molecule has 2 rings (SSSR count). The number of nitrogens with one attached hydrogen (secondary N) is 1. The van der Waals surface area contributed by atoms with E-state index in [-0.39, 0.29) is 5.91 Å². The van der Waals surface area contributed by atoms with Gasteiger partial charge in [0, 0.05) is 25.1 Å². The van der Waals surface area contributed by atoms with Crippen molar-refractivity contribution in [1.82, 2.24) is 25.5 Å². The molecule has 1 amide bonds. The van der Waals surface area contributed by atoms with E-state index in [2.05, 4.69) is 41.4 Å². The highest BCUT2D eigenvalue weighted by molar-refractivity contribution is 5.78. The van der Waals surface area contributed by atoms with E-state index in [0.29, 0.717) is 30.6 Å². The second-order valence-corrected chi connectivity index (χ2v) is 5.99. The van der Waals surface area contributed by atoms with Crippen LogP contribution in [0.2, 0.25) is 0 Å². The lowest BCUT2D eigenvalue weighted by molar-refractivity contribution is -0.131. The summed E-state index contributed by atoms with van der Waals surface area (Å²) in [5, 5.41) is 14.0. The number of nitrogens with zero attached hydrogens (tertiary/aromatic N) is 4. The van der Waals surface area contributed by atoms with Crippen molar-refractivity contribution in [1.29, 1.82) is 0 Å². The summed E-state index contributed by atoms with van der Waals surface area (Å²) in [5.74, 6) is 1.99. The number of hydrogen-bond donors (Lipinski definition) is 1. The highest BCUT2D eigenvalue weighted by atomic mass is 16.2. The van der Waals surface area contributed by atoms with Crippen molar-refractivity contribution in [2.75, 3.05) is 13.1 Å². The molecule has 1 aliphatic rings. The molecule has 0 bridgehead atoms. The molecule has 6 heteroatoms. The first kappa shape index (κ1) is 14.7. The summed E-state index contributed by atoms with van der Waals surface area (Å²) in [7, 11) is 0. The van der Waals surface area contributed by atoms with Gasteiger partial charge < -0.3 is 4.90 Å². The minimum atomic E-state index is 0.251. The van der Waals surface area contributed by atoms with E-state index in [9.17, 15) is 4.79 Å². The van der Waals surface area contributed by atoms with Crippen molar-refractivity contribution in [2.24, 2.45) is 11.8 Å². The maximum atomic E-state index is 12.2. The standard InChI is InChI=1S/C14H23N5O/c1-10(2)8-11(3)9-13(20)19-6-4-12(5-7-19)14-15-17-18-16-14/h4,10-11H,5-9H2,1-3H3,(H,15,16,17,18). The Balaban J connectivity index is 1.85. The second-order valence-electron chi connectivity index (χ2n) is 5.99. The molecule has 1 aromatic heterocycles. The lowest BCUT2D eigenvalue weighted by atomic mass is 9.95.